The highest BCUT2D eigenvalue weighted by atomic mass is 16.6. The van der Waals surface area contributed by atoms with Crippen molar-refractivity contribution in [3.8, 4) is 0 Å². The summed E-state index contributed by atoms with van der Waals surface area (Å²) < 4.78 is 4.98. The molecule has 0 radical (unpaired) electrons. The molecule has 5 atom stereocenters. The van der Waals surface area contributed by atoms with E-state index in [1.807, 2.05) is 13.8 Å². The Labute approximate surface area is 106 Å². The molecular formula is C12H22O6. The Morgan fingerprint density at radius 2 is 1.83 bits per heavy atom. The van der Waals surface area contributed by atoms with E-state index < -0.39 is 37.1 Å². The van der Waals surface area contributed by atoms with E-state index >= 15 is 0 Å². The van der Waals surface area contributed by atoms with Crippen molar-refractivity contribution in [2.75, 3.05) is 6.61 Å². The standard InChI is InChI=1S/C12H22O6/c1-6(2)3-7(14)4-8-10(15)11(16)9(5-13)18-12(8)17/h6,8-13,15-17H,3-5H2,1-2H3/t8?,9-,10-,11?,12?/m1/s1. The maximum absolute atomic E-state index is 11.7. The molecular weight excluding hydrogens is 240 g/mol. The van der Waals surface area contributed by atoms with Gasteiger partial charge in [-0.05, 0) is 5.92 Å². The molecule has 6 nitrogen and oxygen atoms in total. The first-order valence-corrected chi connectivity index (χ1v) is 6.19. The van der Waals surface area contributed by atoms with E-state index in [-0.39, 0.29) is 18.1 Å². The Morgan fingerprint density at radius 3 is 2.33 bits per heavy atom. The Morgan fingerprint density at radius 1 is 1.22 bits per heavy atom. The number of hydrogen-bond donors (Lipinski definition) is 4. The van der Waals surface area contributed by atoms with Crippen LogP contribution in [0.4, 0.5) is 0 Å². The highest BCUT2D eigenvalue weighted by Gasteiger charge is 2.44. The number of ketones is 1. The molecule has 6 heteroatoms. The summed E-state index contributed by atoms with van der Waals surface area (Å²) >= 11 is 0. The average Bonchev–Trinajstić information content (AvgIpc) is 2.28. The first-order valence-electron chi connectivity index (χ1n) is 6.19. The molecule has 0 spiro atoms. The van der Waals surface area contributed by atoms with Crippen molar-refractivity contribution in [3.05, 3.63) is 0 Å². The van der Waals surface area contributed by atoms with Crippen LogP contribution >= 0.6 is 0 Å². The van der Waals surface area contributed by atoms with E-state index in [0.717, 1.165) is 0 Å². The second-order valence-corrected chi connectivity index (χ2v) is 5.23. The zero-order valence-electron chi connectivity index (χ0n) is 10.7. The summed E-state index contributed by atoms with van der Waals surface area (Å²) in [6.07, 6.45) is -4.63. The van der Waals surface area contributed by atoms with Gasteiger partial charge in [-0.2, -0.15) is 0 Å². The van der Waals surface area contributed by atoms with E-state index in [0.29, 0.717) is 6.42 Å². The summed E-state index contributed by atoms with van der Waals surface area (Å²) in [6.45, 7) is 3.31. The summed E-state index contributed by atoms with van der Waals surface area (Å²) in [4.78, 5) is 11.7. The molecule has 0 saturated carbocycles. The van der Waals surface area contributed by atoms with E-state index in [9.17, 15) is 20.1 Å². The number of Topliss-reactive ketones (excluding diaryl/α,β-unsaturated/α-hetero) is 1. The molecule has 0 amide bonds. The third kappa shape index (κ3) is 3.73. The number of aliphatic hydroxyl groups excluding tert-OH is 4. The number of ether oxygens (including phenoxy) is 1. The second kappa shape index (κ2) is 6.58. The number of rotatable bonds is 5. The maximum atomic E-state index is 11.7. The highest BCUT2D eigenvalue weighted by molar-refractivity contribution is 5.78. The quantitative estimate of drug-likeness (QED) is 0.508. The van der Waals surface area contributed by atoms with Crippen LogP contribution in [-0.4, -0.2) is 57.4 Å². The molecule has 1 aliphatic heterocycles. The SMILES string of the molecule is CC(C)CC(=O)CC1C(O)O[C@H](CO)C(O)[C@@H]1O. The first-order chi connectivity index (χ1) is 8.36. The minimum atomic E-state index is -1.35. The normalized spacial score (nSPS) is 36.9. The molecule has 0 aromatic heterocycles. The van der Waals surface area contributed by atoms with Crippen LogP contribution in [0.2, 0.25) is 0 Å². The van der Waals surface area contributed by atoms with E-state index in [1.165, 1.54) is 0 Å². The van der Waals surface area contributed by atoms with Crippen LogP contribution < -0.4 is 0 Å². The molecule has 1 aliphatic rings. The van der Waals surface area contributed by atoms with E-state index in [2.05, 4.69) is 0 Å². The van der Waals surface area contributed by atoms with Crippen molar-refractivity contribution < 1.29 is 30.0 Å². The summed E-state index contributed by atoms with van der Waals surface area (Å²) in [5.74, 6) is -0.744. The van der Waals surface area contributed by atoms with Gasteiger partial charge in [0.1, 0.15) is 18.0 Å². The maximum Gasteiger partial charge on any atom is 0.160 e. The zero-order valence-corrected chi connectivity index (χ0v) is 10.7. The molecule has 0 aliphatic carbocycles. The first kappa shape index (κ1) is 15.5. The molecule has 106 valence electrons. The van der Waals surface area contributed by atoms with Crippen molar-refractivity contribution in [1.82, 2.24) is 0 Å². The molecule has 0 bridgehead atoms. The molecule has 0 aromatic carbocycles. The zero-order chi connectivity index (χ0) is 13.9. The van der Waals surface area contributed by atoms with Gasteiger partial charge in [-0.25, -0.2) is 0 Å². The third-order valence-electron chi connectivity index (χ3n) is 3.13. The van der Waals surface area contributed by atoms with Crippen LogP contribution in [0.15, 0.2) is 0 Å². The predicted octanol–water partition coefficient (Wildman–Crippen LogP) is -0.961. The lowest BCUT2D eigenvalue weighted by atomic mass is 9.86. The minimum Gasteiger partial charge on any atom is -0.394 e. The van der Waals surface area contributed by atoms with Crippen LogP contribution in [-0.2, 0) is 9.53 Å². The van der Waals surface area contributed by atoms with Gasteiger partial charge in [-0.1, -0.05) is 13.8 Å². The molecule has 18 heavy (non-hydrogen) atoms. The predicted molar refractivity (Wildman–Crippen MR) is 62.5 cm³/mol. The fraction of sp³-hybridized carbons (Fsp3) is 0.917. The number of carbonyl (C=O) groups is 1. The smallest absolute Gasteiger partial charge is 0.160 e. The van der Waals surface area contributed by atoms with Crippen molar-refractivity contribution in [3.63, 3.8) is 0 Å². The van der Waals surface area contributed by atoms with Gasteiger partial charge in [0, 0.05) is 18.8 Å². The third-order valence-corrected chi connectivity index (χ3v) is 3.13. The summed E-state index contributed by atoms with van der Waals surface area (Å²) in [7, 11) is 0. The molecule has 1 rings (SSSR count). The molecule has 1 heterocycles. The van der Waals surface area contributed by atoms with Crippen LogP contribution in [0, 0.1) is 11.8 Å². The van der Waals surface area contributed by atoms with Gasteiger partial charge in [0.2, 0.25) is 0 Å². The van der Waals surface area contributed by atoms with Gasteiger partial charge in [0.05, 0.1) is 12.7 Å². The van der Waals surface area contributed by atoms with Gasteiger partial charge in [0.25, 0.3) is 0 Å². The fourth-order valence-corrected chi connectivity index (χ4v) is 2.18. The molecule has 3 unspecified atom stereocenters. The van der Waals surface area contributed by atoms with Gasteiger partial charge in [0.15, 0.2) is 6.29 Å². The second-order valence-electron chi connectivity index (χ2n) is 5.23. The van der Waals surface area contributed by atoms with Crippen molar-refractivity contribution in [2.45, 2.75) is 51.3 Å². The lowest BCUT2D eigenvalue weighted by molar-refractivity contribution is -0.269. The lowest BCUT2D eigenvalue weighted by Gasteiger charge is -2.40. The summed E-state index contributed by atoms with van der Waals surface area (Å²) in [5.41, 5.74) is 0. The number of carbonyl (C=O) groups excluding carboxylic acids is 1. The molecule has 4 N–H and O–H groups in total. The van der Waals surface area contributed by atoms with Crippen molar-refractivity contribution >= 4 is 5.78 Å². The Balaban J connectivity index is 2.62. The highest BCUT2D eigenvalue weighted by Crippen LogP contribution is 2.28. The molecule has 1 fully saturated rings. The average molecular weight is 262 g/mol. The minimum absolute atomic E-state index is 0.0459. The lowest BCUT2D eigenvalue weighted by Crippen LogP contribution is -2.56. The molecule has 0 aromatic rings. The van der Waals surface area contributed by atoms with Crippen molar-refractivity contribution in [1.29, 1.82) is 0 Å². The Hall–Kier alpha value is -0.530. The molecule has 1 saturated heterocycles. The number of aliphatic hydroxyl groups is 4. The summed E-state index contributed by atoms with van der Waals surface area (Å²) in [5, 5.41) is 38.1. The van der Waals surface area contributed by atoms with Gasteiger partial charge in [-0.15, -0.1) is 0 Å². The Bertz CT molecular complexity index is 280. The van der Waals surface area contributed by atoms with Gasteiger partial charge < -0.3 is 25.2 Å². The van der Waals surface area contributed by atoms with Crippen LogP contribution in [0.1, 0.15) is 26.7 Å². The van der Waals surface area contributed by atoms with Gasteiger partial charge in [-0.3, -0.25) is 4.79 Å². The van der Waals surface area contributed by atoms with E-state index in [1.54, 1.807) is 0 Å². The van der Waals surface area contributed by atoms with Crippen LogP contribution in [0.5, 0.6) is 0 Å². The van der Waals surface area contributed by atoms with Crippen molar-refractivity contribution in [2.24, 2.45) is 11.8 Å². The summed E-state index contributed by atoms with van der Waals surface area (Å²) in [6, 6.07) is 0. The topological polar surface area (TPSA) is 107 Å². The van der Waals surface area contributed by atoms with Crippen LogP contribution in [0.3, 0.4) is 0 Å². The fourth-order valence-electron chi connectivity index (χ4n) is 2.18. The number of hydrogen-bond acceptors (Lipinski definition) is 6. The largest absolute Gasteiger partial charge is 0.394 e. The van der Waals surface area contributed by atoms with Crippen LogP contribution in [0.25, 0.3) is 0 Å². The Kier molecular flexibility index (Phi) is 5.68. The van der Waals surface area contributed by atoms with Gasteiger partial charge >= 0.3 is 0 Å². The van der Waals surface area contributed by atoms with E-state index in [4.69, 9.17) is 9.84 Å². The monoisotopic (exact) mass is 262 g/mol.